The lowest BCUT2D eigenvalue weighted by Crippen LogP contribution is -2.31. The van der Waals surface area contributed by atoms with E-state index in [0.717, 1.165) is 17.8 Å². The summed E-state index contributed by atoms with van der Waals surface area (Å²) in [4.78, 5) is 28.5. The number of hydrogen-bond acceptors (Lipinski definition) is 4. The van der Waals surface area contributed by atoms with Crippen LogP contribution in [0.25, 0.3) is 0 Å². The standard InChI is InChI=1S/C13H21N3O3/c1-9-11(5-6-12(17)18)10(2)16(13(19)14-9)8-7-15(3)4/h5-8H2,1-4H3,(H,17,18). The first-order valence-electron chi connectivity index (χ1n) is 6.26. The average molecular weight is 267 g/mol. The van der Waals surface area contributed by atoms with Crippen LogP contribution in [0.3, 0.4) is 0 Å². The molecule has 0 fully saturated rings. The maximum atomic E-state index is 11.9. The number of rotatable bonds is 6. The van der Waals surface area contributed by atoms with Gasteiger partial charge >= 0.3 is 11.7 Å². The second kappa shape index (κ2) is 6.47. The SMILES string of the molecule is Cc1nc(=O)n(CCN(C)C)c(C)c1CCC(=O)O. The molecule has 0 spiro atoms. The van der Waals surface area contributed by atoms with Crippen molar-refractivity contribution < 1.29 is 9.90 Å². The molecule has 0 aromatic carbocycles. The zero-order valence-electron chi connectivity index (χ0n) is 11.9. The number of likely N-dealkylation sites (N-methyl/N-ethyl adjacent to an activating group) is 1. The van der Waals surface area contributed by atoms with E-state index in [1.165, 1.54) is 0 Å². The molecule has 0 saturated heterocycles. The fraction of sp³-hybridized carbons (Fsp3) is 0.615. The molecule has 6 heteroatoms. The summed E-state index contributed by atoms with van der Waals surface area (Å²) in [7, 11) is 3.88. The Labute approximate surface area is 112 Å². The summed E-state index contributed by atoms with van der Waals surface area (Å²) in [5.74, 6) is -0.843. The number of carboxylic acid groups (broad SMARTS) is 1. The minimum absolute atomic E-state index is 0.0508. The summed E-state index contributed by atoms with van der Waals surface area (Å²) in [6, 6.07) is 0. The van der Waals surface area contributed by atoms with Crippen LogP contribution in [0, 0.1) is 13.8 Å². The summed E-state index contributed by atoms with van der Waals surface area (Å²) in [5.41, 5.74) is 2.04. The zero-order valence-corrected chi connectivity index (χ0v) is 11.9. The Bertz CT molecular complexity index is 521. The average Bonchev–Trinajstić information content (AvgIpc) is 2.27. The van der Waals surface area contributed by atoms with Gasteiger partial charge in [-0.2, -0.15) is 4.98 Å². The predicted octanol–water partition coefficient (Wildman–Crippen LogP) is 0.439. The summed E-state index contributed by atoms with van der Waals surface area (Å²) in [6.07, 6.45) is 0.456. The van der Waals surface area contributed by atoms with E-state index < -0.39 is 5.97 Å². The minimum Gasteiger partial charge on any atom is -0.481 e. The van der Waals surface area contributed by atoms with Crippen LogP contribution in [-0.4, -0.2) is 46.2 Å². The molecule has 0 saturated carbocycles. The van der Waals surface area contributed by atoms with Crippen molar-refractivity contribution in [3.05, 3.63) is 27.4 Å². The highest BCUT2D eigenvalue weighted by Crippen LogP contribution is 2.12. The fourth-order valence-electron chi connectivity index (χ4n) is 2.00. The molecule has 0 atom stereocenters. The zero-order chi connectivity index (χ0) is 14.6. The van der Waals surface area contributed by atoms with Crippen molar-refractivity contribution in [1.82, 2.24) is 14.5 Å². The van der Waals surface area contributed by atoms with Crippen molar-refractivity contribution in [3.8, 4) is 0 Å². The van der Waals surface area contributed by atoms with E-state index in [9.17, 15) is 9.59 Å². The molecular weight excluding hydrogens is 246 g/mol. The Balaban J connectivity index is 3.07. The number of aliphatic carboxylic acids is 1. The third kappa shape index (κ3) is 4.17. The summed E-state index contributed by atoms with van der Waals surface area (Å²) in [6.45, 7) is 4.90. The van der Waals surface area contributed by atoms with E-state index in [-0.39, 0.29) is 12.1 Å². The van der Waals surface area contributed by atoms with E-state index in [0.29, 0.717) is 18.7 Å². The van der Waals surface area contributed by atoms with Crippen LogP contribution in [0.5, 0.6) is 0 Å². The largest absolute Gasteiger partial charge is 0.481 e. The maximum absolute atomic E-state index is 11.9. The van der Waals surface area contributed by atoms with Crippen molar-refractivity contribution in [1.29, 1.82) is 0 Å². The lowest BCUT2D eigenvalue weighted by atomic mass is 10.1. The highest BCUT2D eigenvalue weighted by molar-refractivity contribution is 5.67. The lowest BCUT2D eigenvalue weighted by Gasteiger charge is -2.17. The highest BCUT2D eigenvalue weighted by Gasteiger charge is 2.12. The molecule has 1 heterocycles. The Kier molecular flexibility index (Phi) is 5.23. The normalized spacial score (nSPS) is 11.0. The van der Waals surface area contributed by atoms with Crippen LogP contribution < -0.4 is 5.69 Å². The molecule has 0 bridgehead atoms. The van der Waals surface area contributed by atoms with Gasteiger partial charge in [0, 0.05) is 30.9 Å². The Morgan fingerprint density at radius 1 is 1.37 bits per heavy atom. The van der Waals surface area contributed by atoms with Gasteiger partial charge in [0.05, 0.1) is 0 Å². The molecule has 0 radical (unpaired) electrons. The van der Waals surface area contributed by atoms with Crippen molar-refractivity contribution in [3.63, 3.8) is 0 Å². The first kappa shape index (κ1) is 15.4. The van der Waals surface area contributed by atoms with Crippen LogP contribution >= 0.6 is 0 Å². The second-order valence-corrected chi connectivity index (χ2v) is 4.89. The van der Waals surface area contributed by atoms with Gasteiger partial charge in [0.25, 0.3) is 0 Å². The van der Waals surface area contributed by atoms with E-state index in [1.807, 2.05) is 25.9 Å². The quantitative estimate of drug-likeness (QED) is 0.809. The van der Waals surface area contributed by atoms with Gasteiger partial charge in [0.1, 0.15) is 0 Å². The molecule has 1 N–H and O–H groups in total. The van der Waals surface area contributed by atoms with Crippen LogP contribution in [0.4, 0.5) is 0 Å². The van der Waals surface area contributed by atoms with E-state index in [4.69, 9.17) is 5.11 Å². The number of aryl methyl sites for hydroxylation is 1. The van der Waals surface area contributed by atoms with Gasteiger partial charge in [0.2, 0.25) is 0 Å². The molecule has 0 aliphatic rings. The van der Waals surface area contributed by atoms with Crippen molar-refractivity contribution in [2.24, 2.45) is 0 Å². The van der Waals surface area contributed by atoms with Crippen LogP contribution in [-0.2, 0) is 17.8 Å². The summed E-state index contributed by atoms with van der Waals surface area (Å²) >= 11 is 0. The van der Waals surface area contributed by atoms with Gasteiger partial charge in [-0.25, -0.2) is 4.79 Å². The number of carboxylic acids is 1. The topological polar surface area (TPSA) is 75.4 Å². The van der Waals surface area contributed by atoms with Crippen LogP contribution in [0.2, 0.25) is 0 Å². The highest BCUT2D eigenvalue weighted by atomic mass is 16.4. The summed E-state index contributed by atoms with van der Waals surface area (Å²) in [5, 5.41) is 8.76. The van der Waals surface area contributed by atoms with Gasteiger partial charge in [-0.05, 0) is 39.9 Å². The molecular formula is C13H21N3O3. The lowest BCUT2D eigenvalue weighted by molar-refractivity contribution is -0.136. The smallest absolute Gasteiger partial charge is 0.348 e. The molecule has 106 valence electrons. The molecule has 19 heavy (non-hydrogen) atoms. The van der Waals surface area contributed by atoms with Crippen molar-refractivity contribution in [2.75, 3.05) is 20.6 Å². The number of hydrogen-bond donors (Lipinski definition) is 1. The molecule has 0 amide bonds. The predicted molar refractivity (Wildman–Crippen MR) is 72.5 cm³/mol. The van der Waals surface area contributed by atoms with E-state index in [2.05, 4.69) is 4.98 Å². The molecule has 0 unspecified atom stereocenters. The van der Waals surface area contributed by atoms with Crippen molar-refractivity contribution in [2.45, 2.75) is 33.2 Å². The van der Waals surface area contributed by atoms with E-state index >= 15 is 0 Å². The second-order valence-electron chi connectivity index (χ2n) is 4.89. The Morgan fingerprint density at radius 3 is 2.53 bits per heavy atom. The Morgan fingerprint density at radius 2 is 2.00 bits per heavy atom. The van der Waals surface area contributed by atoms with Gasteiger partial charge in [-0.1, -0.05) is 0 Å². The van der Waals surface area contributed by atoms with Gasteiger partial charge in [0.15, 0.2) is 0 Å². The number of aromatic nitrogens is 2. The molecule has 1 aromatic heterocycles. The van der Waals surface area contributed by atoms with Crippen LogP contribution in [0.1, 0.15) is 23.4 Å². The molecule has 0 aliphatic carbocycles. The minimum atomic E-state index is -0.843. The summed E-state index contributed by atoms with van der Waals surface area (Å²) < 4.78 is 1.62. The molecule has 1 aromatic rings. The first-order chi connectivity index (χ1) is 8.82. The number of carbonyl (C=O) groups is 1. The third-order valence-electron chi connectivity index (χ3n) is 3.13. The van der Waals surface area contributed by atoms with E-state index in [1.54, 1.807) is 11.5 Å². The third-order valence-corrected chi connectivity index (χ3v) is 3.13. The molecule has 0 aliphatic heterocycles. The molecule has 6 nitrogen and oxygen atoms in total. The first-order valence-corrected chi connectivity index (χ1v) is 6.26. The molecule has 1 rings (SSSR count). The maximum Gasteiger partial charge on any atom is 0.348 e. The monoisotopic (exact) mass is 267 g/mol. The van der Waals surface area contributed by atoms with Gasteiger partial charge in [-0.15, -0.1) is 0 Å². The van der Waals surface area contributed by atoms with Crippen molar-refractivity contribution >= 4 is 5.97 Å². The fourth-order valence-corrected chi connectivity index (χ4v) is 2.00. The number of nitrogens with zero attached hydrogens (tertiary/aromatic N) is 3. The Hall–Kier alpha value is -1.69. The van der Waals surface area contributed by atoms with Gasteiger partial charge < -0.3 is 10.0 Å². The van der Waals surface area contributed by atoms with Gasteiger partial charge in [-0.3, -0.25) is 9.36 Å². The van der Waals surface area contributed by atoms with Crippen LogP contribution in [0.15, 0.2) is 4.79 Å².